The van der Waals surface area contributed by atoms with Gasteiger partial charge in [0.15, 0.2) is 0 Å². The van der Waals surface area contributed by atoms with Crippen molar-refractivity contribution in [2.75, 3.05) is 6.26 Å². The summed E-state index contributed by atoms with van der Waals surface area (Å²) in [5.74, 6) is 0. The van der Waals surface area contributed by atoms with Crippen LogP contribution in [0.25, 0.3) is 0 Å². The molecule has 0 aliphatic heterocycles. The quantitative estimate of drug-likeness (QED) is 0.342. The minimum Gasteiger partial charge on any atom is -0.293 e. The fraction of sp³-hybridized carbons (Fsp3) is 0.167. The Morgan fingerprint density at radius 1 is 1.75 bits per heavy atom. The standard InChI is InChI=1S/C6H9NS/c1-4-5(2)6(7)8-3/h4,7H,1-2H2,3H3. The summed E-state index contributed by atoms with van der Waals surface area (Å²) in [4.78, 5) is 0. The number of thioether (sulfide) groups is 1. The highest BCUT2D eigenvalue weighted by Gasteiger charge is 1.91. The second-order valence-electron chi connectivity index (χ2n) is 1.26. The van der Waals surface area contributed by atoms with Crippen LogP contribution in [0.1, 0.15) is 0 Å². The summed E-state index contributed by atoms with van der Waals surface area (Å²) in [6.45, 7) is 7.06. The first kappa shape index (κ1) is 7.50. The minimum atomic E-state index is 0.486. The topological polar surface area (TPSA) is 23.9 Å². The maximum atomic E-state index is 7.14. The Kier molecular flexibility index (Phi) is 3.28. The molecule has 1 nitrogen and oxygen atoms in total. The lowest BCUT2D eigenvalue weighted by atomic mass is 10.3. The Labute approximate surface area is 54.0 Å². The average molecular weight is 127 g/mol. The Morgan fingerprint density at radius 3 is 2.38 bits per heavy atom. The second kappa shape index (κ2) is 3.50. The maximum Gasteiger partial charge on any atom is 0.0933 e. The van der Waals surface area contributed by atoms with E-state index in [2.05, 4.69) is 13.2 Å². The third-order valence-electron chi connectivity index (χ3n) is 0.742. The average Bonchev–Trinajstić information content (AvgIpc) is 1.84. The SMILES string of the molecule is C=CC(=C)C(=N)SC. The van der Waals surface area contributed by atoms with Crippen molar-refractivity contribution in [1.29, 1.82) is 5.41 Å². The van der Waals surface area contributed by atoms with E-state index >= 15 is 0 Å². The molecule has 0 aromatic heterocycles. The smallest absolute Gasteiger partial charge is 0.0933 e. The van der Waals surface area contributed by atoms with Gasteiger partial charge >= 0.3 is 0 Å². The van der Waals surface area contributed by atoms with Crippen LogP contribution in [0, 0.1) is 5.41 Å². The first-order chi connectivity index (χ1) is 3.72. The van der Waals surface area contributed by atoms with Crippen LogP contribution in [0.15, 0.2) is 24.8 Å². The van der Waals surface area contributed by atoms with Gasteiger partial charge in [-0.2, -0.15) is 0 Å². The zero-order valence-corrected chi connectivity index (χ0v) is 5.72. The van der Waals surface area contributed by atoms with Crippen LogP contribution in [0.4, 0.5) is 0 Å². The second-order valence-corrected chi connectivity index (χ2v) is 2.08. The van der Waals surface area contributed by atoms with Gasteiger partial charge in [0.1, 0.15) is 0 Å². The molecule has 0 aromatic carbocycles. The van der Waals surface area contributed by atoms with Crippen LogP contribution < -0.4 is 0 Å². The van der Waals surface area contributed by atoms with Crippen LogP contribution >= 0.6 is 11.8 Å². The Morgan fingerprint density at radius 2 is 2.25 bits per heavy atom. The normalized spacial score (nSPS) is 8.12. The van der Waals surface area contributed by atoms with E-state index in [4.69, 9.17) is 5.41 Å². The molecule has 0 aromatic rings. The highest BCUT2D eigenvalue weighted by molar-refractivity contribution is 8.13. The molecular formula is C6H9NS. The third kappa shape index (κ3) is 1.98. The molecule has 0 amide bonds. The molecule has 2 heteroatoms. The molecule has 0 aliphatic rings. The predicted molar refractivity (Wildman–Crippen MR) is 40.6 cm³/mol. The van der Waals surface area contributed by atoms with E-state index < -0.39 is 0 Å². The summed E-state index contributed by atoms with van der Waals surface area (Å²) >= 11 is 1.37. The van der Waals surface area contributed by atoms with Gasteiger partial charge in [0.2, 0.25) is 0 Å². The van der Waals surface area contributed by atoms with Crippen molar-refractivity contribution >= 4 is 16.8 Å². The first-order valence-corrected chi connectivity index (χ1v) is 3.39. The van der Waals surface area contributed by atoms with Gasteiger partial charge in [-0.1, -0.05) is 19.2 Å². The number of hydrogen-bond acceptors (Lipinski definition) is 2. The highest BCUT2D eigenvalue weighted by atomic mass is 32.2. The van der Waals surface area contributed by atoms with E-state index in [1.54, 1.807) is 6.08 Å². The van der Waals surface area contributed by atoms with Crippen molar-refractivity contribution in [3.63, 3.8) is 0 Å². The molecule has 0 rings (SSSR count). The fourth-order valence-electron chi connectivity index (χ4n) is 0.224. The van der Waals surface area contributed by atoms with Gasteiger partial charge in [0.25, 0.3) is 0 Å². The van der Waals surface area contributed by atoms with E-state index in [1.807, 2.05) is 6.26 Å². The van der Waals surface area contributed by atoms with Gasteiger partial charge in [-0.3, -0.25) is 5.41 Å². The Balaban J connectivity index is 3.82. The summed E-state index contributed by atoms with van der Waals surface area (Å²) in [7, 11) is 0. The molecule has 0 fully saturated rings. The molecule has 0 saturated heterocycles. The highest BCUT2D eigenvalue weighted by Crippen LogP contribution is 2.04. The van der Waals surface area contributed by atoms with Gasteiger partial charge < -0.3 is 0 Å². The number of nitrogens with one attached hydrogen (secondary N) is 1. The maximum absolute atomic E-state index is 7.14. The van der Waals surface area contributed by atoms with Gasteiger partial charge in [-0.05, 0) is 11.8 Å². The van der Waals surface area contributed by atoms with Crippen LogP contribution in [0.5, 0.6) is 0 Å². The lowest BCUT2D eigenvalue weighted by Crippen LogP contribution is -1.87. The molecule has 0 aliphatic carbocycles. The van der Waals surface area contributed by atoms with Gasteiger partial charge in [-0.15, -0.1) is 11.8 Å². The number of allylic oxidation sites excluding steroid dienone is 1. The lowest BCUT2D eigenvalue weighted by Gasteiger charge is -1.94. The van der Waals surface area contributed by atoms with Crippen LogP contribution in [-0.2, 0) is 0 Å². The van der Waals surface area contributed by atoms with Crippen molar-refractivity contribution < 1.29 is 0 Å². The fourth-order valence-corrected chi connectivity index (χ4v) is 0.569. The van der Waals surface area contributed by atoms with E-state index in [9.17, 15) is 0 Å². The molecule has 0 atom stereocenters. The third-order valence-corrected chi connectivity index (χ3v) is 1.41. The molecule has 0 unspecified atom stereocenters. The van der Waals surface area contributed by atoms with Crippen LogP contribution in [0.2, 0.25) is 0 Å². The summed E-state index contributed by atoms with van der Waals surface area (Å²) in [6.07, 6.45) is 3.43. The molecule has 0 bridgehead atoms. The molecule has 0 saturated carbocycles. The predicted octanol–water partition coefficient (Wildman–Crippen LogP) is 2.07. The molecular weight excluding hydrogens is 118 g/mol. The number of hydrogen-bond donors (Lipinski definition) is 1. The minimum absolute atomic E-state index is 0.486. The summed E-state index contributed by atoms with van der Waals surface area (Å²) in [5, 5.41) is 7.62. The molecule has 0 radical (unpaired) electrons. The van der Waals surface area contributed by atoms with Crippen molar-refractivity contribution in [2.45, 2.75) is 0 Å². The zero-order chi connectivity index (χ0) is 6.57. The monoisotopic (exact) mass is 127 g/mol. The summed E-state index contributed by atoms with van der Waals surface area (Å²) in [6, 6.07) is 0. The van der Waals surface area contributed by atoms with Crippen molar-refractivity contribution in [3.8, 4) is 0 Å². The first-order valence-electron chi connectivity index (χ1n) is 2.16. The van der Waals surface area contributed by atoms with E-state index in [1.165, 1.54) is 11.8 Å². The Hall–Kier alpha value is -0.500. The summed E-state index contributed by atoms with van der Waals surface area (Å²) in [5.41, 5.74) is 0.692. The molecule has 0 spiro atoms. The van der Waals surface area contributed by atoms with Crippen LogP contribution in [0.3, 0.4) is 0 Å². The molecule has 44 valence electrons. The van der Waals surface area contributed by atoms with Gasteiger partial charge in [0.05, 0.1) is 5.04 Å². The van der Waals surface area contributed by atoms with Crippen molar-refractivity contribution in [3.05, 3.63) is 24.8 Å². The van der Waals surface area contributed by atoms with Gasteiger partial charge in [-0.25, -0.2) is 0 Å². The van der Waals surface area contributed by atoms with Gasteiger partial charge in [0, 0.05) is 0 Å². The van der Waals surface area contributed by atoms with E-state index in [0.717, 1.165) is 0 Å². The van der Waals surface area contributed by atoms with E-state index in [-0.39, 0.29) is 0 Å². The van der Waals surface area contributed by atoms with Crippen molar-refractivity contribution in [2.24, 2.45) is 0 Å². The van der Waals surface area contributed by atoms with E-state index in [0.29, 0.717) is 10.6 Å². The Bertz CT molecular complexity index is 126. The largest absolute Gasteiger partial charge is 0.293 e. The molecule has 8 heavy (non-hydrogen) atoms. The molecule has 0 heterocycles. The van der Waals surface area contributed by atoms with Crippen LogP contribution in [-0.4, -0.2) is 11.3 Å². The zero-order valence-electron chi connectivity index (χ0n) is 4.90. The number of rotatable bonds is 2. The lowest BCUT2D eigenvalue weighted by molar-refractivity contribution is 1.55. The summed E-state index contributed by atoms with van der Waals surface area (Å²) < 4.78 is 0. The molecule has 1 N–H and O–H groups in total. The van der Waals surface area contributed by atoms with Crippen molar-refractivity contribution in [1.82, 2.24) is 0 Å².